The molecule has 0 amide bonds. The van der Waals surface area contributed by atoms with E-state index in [2.05, 4.69) is 4.99 Å². The molecule has 0 saturated heterocycles. The number of rotatable bonds is 3. The fourth-order valence-corrected chi connectivity index (χ4v) is 2.72. The maximum atomic E-state index is 14.1. The standard InChI is InChI=1S/C12H10F3N3O3/c13-4-12(6-3-9(6)21-11(16)17-12)7-1-5(18(19)20)2-8(14)10(7)15/h1-2,6,9H,3-4H2,(H2,16,17)/t6-,9?,12-/m0/s1. The van der Waals surface area contributed by atoms with Gasteiger partial charge >= 0.3 is 0 Å². The summed E-state index contributed by atoms with van der Waals surface area (Å²) in [7, 11) is 0. The number of nitro benzene ring substituents is 1. The Labute approximate surface area is 116 Å². The number of amidine groups is 1. The highest BCUT2D eigenvalue weighted by Gasteiger charge is 2.60. The third-order valence-corrected chi connectivity index (χ3v) is 3.82. The number of hydrogen-bond acceptors (Lipinski definition) is 5. The highest BCUT2D eigenvalue weighted by Crippen LogP contribution is 2.54. The third kappa shape index (κ3) is 1.91. The van der Waals surface area contributed by atoms with E-state index in [-0.39, 0.29) is 6.02 Å². The van der Waals surface area contributed by atoms with E-state index >= 15 is 0 Å². The average Bonchev–Trinajstić information content (AvgIpc) is 3.19. The fourth-order valence-electron chi connectivity index (χ4n) is 2.72. The van der Waals surface area contributed by atoms with Gasteiger partial charge in [0.15, 0.2) is 11.6 Å². The second-order valence-electron chi connectivity index (χ2n) is 5.05. The Balaban J connectivity index is 2.22. The molecular formula is C12H10F3N3O3. The number of aliphatic imine (C=N–C) groups is 1. The Morgan fingerprint density at radius 1 is 1.52 bits per heavy atom. The highest BCUT2D eigenvalue weighted by atomic mass is 19.2. The van der Waals surface area contributed by atoms with Crippen LogP contribution in [-0.2, 0) is 10.3 Å². The van der Waals surface area contributed by atoms with Crippen molar-refractivity contribution in [2.75, 3.05) is 6.67 Å². The van der Waals surface area contributed by atoms with E-state index in [0.29, 0.717) is 12.5 Å². The maximum Gasteiger partial charge on any atom is 0.283 e. The second kappa shape index (κ2) is 4.34. The number of alkyl halides is 1. The first-order valence-electron chi connectivity index (χ1n) is 6.11. The summed E-state index contributed by atoms with van der Waals surface area (Å²) in [5.41, 5.74) is 2.49. The molecule has 21 heavy (non-hydrogen) atoms. The molecule has 9 heteroatoms. The van der Waals surface area contributed by atoms with Crippen LogP contribution in [0.5, 0.6) is 0 Å². The predicted octanol–water partition coefficient (Wildman–Crippen LogP) is 1.77. The zero-order chi connectivity index (χ0) is 15.4. The molecule has 1 unspecified atom stereocenters. The normalized spacial score (nSPS) is 30.1. The number of nitro groups is 1. The van der Waals surface area contributed by atoms with Crippen molar-refractivity contribution in [3.63, 3.8) is 0 Å². The first kappa shape index (κ1) is 13.7. The van der Waals surface area contributed by atoms with Crippen LogP contribution in [0, 0.1) is 27.7 Å². The SMILES string of the molecule is NC1=N[C@](CF)(c2cc([N+](=O)[O-])cc(F)c2F)[C@H]2CC2O1. The molecule has 1 saturated carbocycles. The van der Waals surface area contributed by atoms with E-state index in [1.165, 1.54) is 0 Å². The Morgan fingerprint density at radius 2 is 2.24 bits per heavy atom. The van der Waals surface area contributed by atoms with Crippen molar-refractivity contribution in [1.82, 2.24) is 0 Å². The van der Waals surface area contributed by atoms with Crippen LogP contribution in [0.2, 0.25) is 0 Å². The van der Waals surface area contributed by atoms with Gasteiger partial charge in [-0.25, -0.2) is 18.2 Å². The molecule has 0 aromatic heterocycles. The zero-order valence-corrected chi connectivity index (χ0v) is 10.6. The molecular weight excluding hydrogens is 291 g/mol. The Morgan fingerprint density at radius 3 is 2.86 bits per heavy atom. The molecule has 1 aromatic rings. The van der Waals surface area contributed by atoms with Crippen LogP contribution in [-0.4, -0.2) is 23.7 Å². The lowest BCUT2D eigenvalue weighted by molar-refractivity contribution is -0.385. The van der Waals surface area contributed by atoms with E-state index in [0.717, 1.165) is 6.07 Å². The molecule has 0 radical (unpaired) electrons. The van der Waals surface area contributed by atoms with Gasteiger partial charge in [0.25, 0.3) is 11.7 Å². The fraction of sp³-hybridized carbons (Fsp3) is 0.417. The minimum absolute atomic E-state index is 0.335. The number of halogens is 3. The predicted molar refractivity (Wildman–Crippen MR) is 65.3 cm³/mol. The van der Waals surface area contributed by atoms with E-state index in [4.69, 9.17) is 10.5 Å². The summed E-state index contributed by atoms with van der Waals surface area (Å²) in [5.74, 6) is -3.31. The van der Waals surface area contributed by atoms with Crippen LogP contribution in [0.25, 0.3) is 0 Å². The van der Waals surface area contributed by atoms with Crippen molar-refractivity contribution in [2.45, 2.75) is 18.1 Å². The van der Waals surface area contributed by atoms with Gasteiger partial charge in [-0.1, -0.05) is 0 Å². The molecule has 1 aromatic carbocycles. The van der Waals surface area contributed by atoms with Gasteiger partial charge in [-0.3, -0.25) is 10.1 Å². The number of non-ortho nitro benzene ring substituents is 1. The van der Waals surface area contributed by atoms with E-state index in [9.17, 15) is 23.3 Å². The lowest BCUT2D eigenvalue weighted by Gasteiger charge is -2.31. The van der Waals surface area contributed by atoms with Gasteiger partial charge in [0.2, 0.25) is 0 Å². The molecule has 1 heterocycles. The van der Waals surface area contributed by atoms with Crippen molar-refractivity contribution in [3.05, 3.63) is 39.4 Å². The van der Waals surface area contributed by atoms with Crippen LogP contribution in [0.15, 0.2) is 17.1 Å². The number of hydrogen-bond donors (Lipinski definition) is 1. The van der Waals surface area contributed by atoms with Crippen LogP contribution >= 0.6 is 0 Å². The molecule has 112 valence electrons. The second-order valence-corrected chi connectivity index (χ2v) is 5.05. The lowest BCUT2D eigenvalue weighted by atomic mass is 9.85. The smallest absolute Gasteiger partial charge is 0.283 e. The largest absolute Gasteiger partial charge is 0.462 e. The van der Waals surface area contributed by atoms with E-state index in [1.54, 1.807) is 0 Å². The number of nitrogens with two attached hydrogens (primary N) is 1. The molecule has 3 rings (SSSR count). The van der Waals surface area contributed by atoms with Crippen molar-refractivity contribution in [3.8, 4) is 0 Å². The summed E-state index contributed by atoms with van der Waals surface area (Å²) in [4.78, 5) is 13.7. The van der Waals surface area contributed by atoms with Crippen molar-refractivity contribution >= 4 is 11.7 Å². The summed E-state index contributed by atoms with van der Waals surface area (Å²) in [6.07, 6.45) is -0.0577. The summed E-state index contributed by atoms with van der Waals surface area (Å²) in [6.45, 7) is -1.16. The monoisotopic (exact) mass is 301 g/mol. The van der Waals surface area contributed by atoms with E-state index < -0.39 is 52.0 Å². The number of ether oxygens (including phenoxy) is 1. The number of nitrogens with zero attached hydrogens (tertiary/aromatic N) is 2. The quantitative estimate of drug-likeness (QED) is 0.680. The molecule has 0 spiro atoms. The first-order valence-corrected chi connectivity index (χ1v) is 6.11. The molecule has 1 aliphatic heterocycles. The van der Waals surface area contributed by atoms with Gasteiger partial charge in [0.1, 0.15) is 18.3 Å². The van der Waals surface area contributed by atoms with Crippen LogP contribution in [0.1, 0.15) is 12.0 Å². The molecule has 6 nitrogen and oxygen atoms in total. The molecule has 3 atom stereocenters. The maximum absolute atomic E-state index is 14.1. The van der Waals surface area contributed by atoms with Gasteiger partial charge in [-0.05, 0) is 6.42 Å². The van der Waals surface area contributed by atoms with Crippen molar-refractivity contribution < 1.29 is 22.8 Å². The van der Waals surface area contributed by atoms with Crippen LogP contribution in [0.3, 0.4) is 0 Å². The summed E-state index contributed by atoms with van der Waals surface area (Å²) >= 11 is 0. The molecule has 1 fully saturated rings. The Bertz CT molecular complexity index is 667. The highest BCUT2D eigenvalue weighted by molar-refractivity contribution is 5.74. The molecule has 1 aliphatic carbocycles. The lowest BCUT2D eigenvalue weighted by Crippen LogP contribution is -2.40. The number of fused-ring (bicyclic) bond motifs is 1. The Hall–Kier alpha value is -2.32. The first-order chi connectivity index (χ1) is 9.89. The van der Waals surface area contributed by atoms with Crippen LogP contribution in [0.4, 0.5) is 18.9 Å². The number of benzene rings is 1. The topological polar surface area (TPSA) is 90.8 Å². The minimum Gasteiger partial charge on any atom is -0.462 e. The van der Waals surface area contributed by atoms with Gasteiger partial charge in [-0.2, -0.15) is 0 Å². The van der Waals surface area contributed by atoms with Gasteiger partial charge in [0.05, 0.1) is 11.0 Å². The van der Waals surface area contributed by atoms with Crippen LogP contribution < -0.4 is 5.73 Å². The minimum atomic E-state index is -1.77. The summed E-state index contributed by atoms with van der Waals surface area (Å²) in [6, 6.07) is 0.912. The Kier molecular flexibility index (Phi) is 2.82. The molecule has 2 N–H and O–H groups in total. The molecule has 0 bridgehead atoms. The average molecular weight is 301 g/mol. The van der Waals surface area contributed by atoms with Gasteiger partial charge < -0.3 is 10.5 Å². The van der Waals surface area contributed by atoms with Crippen molar-refractivity contribution in [1.29, 1.82) is 0 Å². The summed E-state index contributed by atoms with van der Waals surface area (Å²) in [5, 5.41) is 10.8. The summed E-state index contributed by atoms with van der Waals surface area (Å²) < 4.78 is 46.4. The van der Waals surface area contributed by atoms with Gasteiger partial charge in [-0.15, -0.1) is 0 Å². The molecule has 2 aliphatic rings. The third-order valence-electron chi connectivity index (χ3n) is 3.82. The van der Waals surface area contributed by atoms with Crippen molar-refractivity contribution in [2.24, 2.45) is 16.6 Å². The van der Waals surface area contributed by atoms with Gasteiger partial charge in [0, 0.05) is 17.5 Å². The zero-order valence-electron chi connectivity index (χ0n) is 10.6. The van der Waals surface area contributed by atoms with E-state index in [1.807, 2.05) is 0 Å².